The summed E-state index contributed by atoms with van der Waals surface area (Å²) in [5.41, 5.74) is 1.14. The Morgan fingerprint density at radius 1 is 0.966 bits per heavy atom. The molecule has 7 nitrogen and oxygen atoms in total. The van der Waals surface area contributed by atoms with Gasteiger partial charge in [-0.05, 0) is 36.8 Å². The molecule has 0 spiro atoms. The van der Waals surface area contributed by atoms with Gasteiger partial charge in [0, 0.05) is 18.5 Å². The van der Waals surface area contributed by atoms with E-state index in [1.54, 1.807) is 0 Å². The van der Waals surface area contributed by atoms with Crippen LogP contribution in [-0.2, 0) is 20.9 Å². The molecule has 3 amide bonds. The van der Waals surface area contributed by atoms with Crippen molar-refractivity contribution in [3.8, 4) is 0 Å². The van der Waals surface area contributed by atoms with E-state index < -0.39 is 29.8 Å². The Morgan fingerprint density at radius 3 is 2.28 bits per heavy atom. The van der Waals surface area contributed by atoms with Gasteiger partial charge in [0.05, 0.1) is 6.42 Å². The third-order valence-corrected chi connectivity index (χ3v) is 3.93. The van der Waals surface area contributed by atoms with Crippen molar-refractivity contribution in [3.05, 3.63) is 71.5 Å². The summed E-state index contributed by atoms with van der Waals surface area (Å²) < 4.78 is 17.8. The smallest absolute Gasteiger partial charge is 0.321 e. The van der Waals surface area contributed by atoms with Crippen LogP contribution in [0.3, 0.4) is 0 Å². The van der Waals surface area contributed by atoms with Crippen LogP contribution >= 0.6 is 0 Å². The Balaban J connectivity index is 1.70. The number of ether oxygens (including phenoxy) is 1. The largest absolute Gasteiger partial charge is 0.453 e. The first-order chi connectivity index (χ1) is 13.8. The molecular weight excluding hydrogens is 379 g/mol. The highest BCUT2D eigenvalue weighted by Gasteiger charge is 2.20. The summed E-state index contributed by atoms with van der Waals surface area (Å²) in [7, 11) is 0. The van der Waals surface area contributed by atoms with Crippen LogP contribution in [0.5, 0.6) is 0 Å². The second kappa shape index (κ2) is 10.7. The van der Waals surface area contributed by atoms with Gasteiger partial charge in [0.15, 0.2) is 11.9 Å². The lowest BCUT2D eigenvalue weighted by molar-refractivity contribution is -0.154. The standard InChI is InChI=1S/C21H21FN2O5/c1-14(20(27)24-21(28)23-13-15-5-3-2-4-6-15)29-19(26)12-11-18(25)16-7-9-17(22)10-8-16/h2-10,14H,11-13H2,1H3,(H2,23,24,27,28). The van der Waals surface area contributed by atoms with Crippen molar-refractivity contribution in [2.75, 3.05) is 0 Å². The lowest BCUT2D eigenvalue weighted by Gasteiger charge is -2.13. The molecule has 0 fully saturated rings. The van der Waals surface area contributed by atoms with Crippen molar-refractivity contribution >= 4 is 23.7 Å². The number of rotatable bonds is 8. The third kappa shape index (κ3) is 7.53. The number of nitrogens with one attached hydrogen (secondary N) is 2. The number of hydrogen-bond acceptors (Lipinski definition) is 5. The first-order valence-corrected chi connectivity index (χ1v) is 8.96. The van der Waals surface area contributed by atoms with Crippen molar-refractivity contribution in [1.82, 2.24) is 10.6 Å². The van der Waals surface area contributed by atoms with E-state index in [4.69, 9.17) is 4.74 Å². The van der Waals surface area contributed by atoms with Gasteiger partial charge in [0.2, 0.25) is 0 Å². The molecule has 29 heavy (non-hydrogen) atoms. The average molecular weight is 400 g/mol. The number of esters is 1. The maximum Gasteiger partial charge on any atom is 0.321 e. The predicted octanol–water partition coefficient (Wildman–Crippen LogP) is 2.75. The molecule has 1 atom stereocenters. The zero-order valence-corrected chi connectivity index (χ0v) is 15.8. The number of imide groups is 1. The Kier molecular flexibility index (Phi) is 8.02. The van der Waals surface area contributed by atoms with E-state index >= 15 is 0 Å². The molecule has 0 bridgehead atoms. The maximum absolute atomic E-state index is 12.9. The molecule has 0 aliphatic heterocycles. The molecule has 1 unspecified atom stereocenters. The number of hydrogen-bond donors (Lipinski definition) is 2. The molecule has 0 aliphatic carbocycles. The van der Waals surface area contributed by atoms with Crippen LogP contribution in [0, 0.1) is 5.82 Å². The molecule has 2 N–H and O–H groups in total. The number of halogens is 1. The number of amides is 3. The summed E-state index contributed by atoms with van der Waals surface area (Å²) >= 11 is 0. The normalized spacial score (nSPS) is 11.2. The Hall–Kier alpha value is -3.55. The number of benzene rings is 2. The van der Waals surface area contributed by atoms with Crippen molar-refractivity contribution in [1.29, 1.82) is 0 Å². The van der Waals surface area contributed by atoms with Gasteiger partial charge in [-0.1, -0.05) is 30.3 Å². The Morgan fingerprint density at radius 2 is 1.62 bits per heavy atom. The van der Waals surface area contributed by atoms with E-state index in [0.717, 1.165) is 17.7 Å². The molecular formula is C21H21FN2O5. The monoisotopic (exact) mass is 400 g/mol. The van der Waals surface area contributed by atoms with Gasteiger partial charge in [0.25, 0.3) is 5.91 Å². The van der Waals surface area contributed by atoms with Gasteiger partial charge >= 0.3 is 12.0 Å². The van der Waals surface area contributed by atoms with Gasteiger partial charge in [-0.2, -0.15) is 0 Å². The van der Waals surface area contributed by atoms with Gasteiger partial charge in [0.1, 0.15) is 5.82 Å². The van der Waals surface area contributed by atoms with E-state index in [9.17, 15) is 23.6 Å². The molecule has 2 rings (SSSR count). The fourth-order valence-electron chi connectivity index (χ4n) is 2.34. The van der Waals surface area contributed by atoms with Crippen molar-refractivity contribution in [3.63, 3.8) is 0 Å². The molecule has 152 valence electrons. The summed E-state index contributed by atoms with van der Waals surface area (Å²) in [5.74, 6) is -2.35. The quantitative estimate of drug-likeness (QED) is 0.524. The first-order valence-electron chi connectivity index (χ1n) is 8.96. The predicted molar refractivity (Wildman–Crippen MR) is 102 cm³/mol. The van der Waals surface area contributed by atoms with Crippen LogP contribution in [-0.4, -0.2) is 29.8 Å². The average Bonchev–Trinajstić information content (AvgIpc) is 2.71. The lowest BCUT2D eigenvalue weighted by Crippen LogP contribution is -2.44. The highest BCUT2D eigenvalue weighted by molar-refractivity contribution is 5.98. The van der Waals surface area contributed by atoms with E-state index in [1.165, 1.54) is 19.1 Å². The molecule has 0 heterocycles. The van der Waals surface area contributed by atoms with E-state index in [-0.39, 0.29) is 30.7 Å². The summed E-state index contributed by atoms with van der Waals surface area (Å²) in [6, 6.07) is 13.4. The fourth-order valence-corrected chi connectivity index (χ4v) is 2.34. The van der Waals surface area contributed by atoms with Gasteiger partial charge in [-0.25, -0.2) is 9.18 Å². The molecule has 0 saturated carbocycles. The minimum absolute atomic E-state index is 0.142. The topological polar surface area (TPSA) is 102 Å². The second-order valence-electron chi connectivity index (χ2n) is 6.22. The molecule has 8 heteroatoms. The highest BCUT2D eigenvalue weighted by Crippen LogP contribution is 2.08. The summed E-state index contributed by atoms with van der Waals surface area (Å²) in [4.78, 5) is 47.5. The highest BCUT2D eigenvalue weighted by atomic mass is 19.1. The van der Waals surface area contributed by atoms with Crippen molar-refractivity contribution in [2.45, 2.75) is 32.4 Å². The van der Waals surface area contributed by atoms with Crippen LogP contribution in [0.25, 0.3) is 0 Å². The lowest BCUT2D eigenvalue weighted by atomic mass is 10.1. The van der Waals surface area contributed by atoms with Crippen molar-refractivity contribution in [2.24, 2.45) is 0 Å². The van der Waals surface area contributed by atoms with E-state index in [0.29, 0.717) is 0 Å². The number of carbonyl (C=O) groups is 4. The van der Waals surface area contributed by atoms with Crippen LogP contribution < -0.4 is 10.6 Å². The van der Waals surface area contributed by atoms with Crippen molar-refractivity contribution < 1.29 is 28.3 Å². The Labute approximate surface area is 167 Å². The second-order valence-corrected chi connectivity index (χ2v) is 6.22. The van der Waals surface area contributed by atoms with E-state index in [2.05, 4.69) is 10.6 Å². The molecule has 0 radical (unpaired) electrons. The minimum atomic E-state index is -1.20. The molecule has 2 aromatic rings. The fraction of sp³-hybridized carbons (Fsp3) is 0.238. The third-order valence-electron chi connectivity index (χ3n) is 3.93. The molecule has 0 aromatic heterocycles. The van der Waals surface area contributed by atoms with Crippen LogP contribution in [0.1, 0.15) is 35.7 Å². The van der Waals surface area contributed by atoms with Crippen LogP contribution in [0.15, 0.2) is 54.6 Å². The molecule has 0 saturated heterocycles. The Bertz CT molecular complexity index is 868. The number of Topliss-reactive ketones (excluding diaryl/α,β-unsaturated/α-hetero) is 1. The summed E-state index contributed by atoms with van der Waals surface area (Å²) in [6.45, 7) is 1.55. The molecule has 2 aromatic carbocycles. The van der Waals surface area contributed by atoms with Crippen LogP contribution in [0.2, 0.25) is 0 Å². The first kappa shape index (κ1) is 21.7. The van der Waals surface area contributed by atoms with Crippen LogP contribution in [0.4, 0.5) is 9.18 Å². The number of carbonyl (C=O) groups excluding carboxylic acids is 4. The SMILES string of the molecule is CC(OC(=O)CCC(=O)c1ccc(F)cc1)C(=O)NC(=O)NCc1ccccc1. The van der Waals surface area contributed by atoms with Gasteiger partial charge in [-0.15, -0.1) is 0 Å². The minimum Gasteiger partial charge on any atom is -0.453 e. The maximum atomic E-state index is 12.9. The van der Waals surface area contributed by atoms with E-state index in [1.807, 2.05) is 30.3 Å². The zero-order chi connectivity index (χ0) is 21.2. The molecule has 0 aliphatic rings. The summed E-state index contributed by atoms with van der Waals surface area (Å²) in [5, 5.41) is 4.60. The van der Waals surface area contributed by atoms with Gasteiger partial charge < -0.3 is 10.1 Å². The number of ketones is 1. The zero-order valence-electron chi connectivity index (χ0n) is 15.8. The summed E-state index contributed by atoms with van der Waals surface area (Å²) in [6.07, 6.45) is -1.59. The van der Waals surface area contributed by atoms with Gasteiger partial charge in [-0.3, -0.25) is 19.7 Å². The number of urea groups is 1.